The van der Waals surface area contributed by atoms with E-state index in [1.165, 1.54) is 20.1 Å². The first kappa shape index (κ1) is 20.5. The summed E-state index contributed by atoms with van der Waals surface area (Å²) in [5, 5.41) is 12.0. The maximum Gasteiger partial charge on any atom is 0.251 e. The van der Waals surface area contributed by atoms with E-state index in [4.69, 9.17) is 9.72 Å². The fourth-order valence-corrected chi connectivity index (χ4v) is 4.60. The molecule has 6 nitrogen and oxygen atoms in total. The fraction of sp³-hybridized carbons (Fsp3) is 0.280. The molecule has 0 bridgehead atoms. The molecule has 164 valence electrons. The van der Waals surface area contributed by atoms with E-state index >= 15 is 0 Å². The van der Waals surface area contributed by atoms with E-state index in [1.54, 1.807) is 17.0 Å². The number of amides is 1. The van der Waals surface area contributed by atoms with Gasteiger partial charge >= 0.3 is 0 Å². The molecule has 0 fully saturated rings. The molecule has 7 heteroatoms. The Labute approximate surface area is 184 Å². The number of halogens is 1. The number of hydrogen-bond donors (Lipinski definition) is 2. The maximum absolute atomic E-state index is 13.9. The molecule has 32 heavy (non-hydrogen) atoms. The first-order chi connectivity index (χ1) is 15.5. The van der Waals surface area contributed by atoms with Gasteiger partial charge < -0.3 is 19.7 Å². The SMILES string of the molecule is COc1cc(Cc2nc3c(c4c2[nH]c2ccccc24)CCN(C(=O)C(C)O)C3)ccc1F. The first-order valence-electron chi connectivity index (χ1n) is 10.7. The van der Waals surface area contributed by atoms with Crippen molar-refractivity contribution in [2.45, 2.75) is 32.4 Å². The van der Waals surface area contributed by atoms with Gasteiger partial charge in [0.05, 0.1) is 30.6 Å². The van der Waals surface area contributed by atoms with Gasteiger partial charge in [-0.3, -0.25) is 9.78 Å². The third kappa shape index (κ3) is 3.39. The Morgan fingerprint density at radius 3 is 2.91 bits per heavy atom. The molecule has 2 N–H and O–H groups in total. The molecule has 2 aromatic carbocycles. The number of benzene rings is 2. The molecular formula is C25H24FN3O3. The number of methoxy groups -OCH3 is 1. The molecule has 0 saturated heterocycles. The summed E-state index contributed by atoms with van der Waals surface area (Å²) in [4.78, 5) is 22.5. The lowest BCUT2D eigenvalue weighted by molar-refractivity contribution is -0.140. The lowest BCUT2D eigenvalue weighted by Crippen LogP contribution is -2.41. The van der Waals surface area contributed by atoms with Crippen molar-refractivity contribution in [3.63, 3.8) is 0 Å². The zero-order valence-corrected chi connectivity index (χ0v) is 18.0. The van der Waals surface area contributed by atoms with Crippen molar-refractivity contribution in [3.05, 3.63) is 70.8 Å². The number of nitrogens with zero attached hydrogens (tertiary/aromatic N) is 2. The summed E-state index contributed by atoms with van der Waals surface area (Å²) in [6, 6.07) is 13.0. The highest BCUT2D eigenvalue weighted by atomic mass is 19.1. The number of pyridine rings is 1. The minimum atomic E-state index is -1.04. The van der Waals surface area contributed by atoms with Crippen LogP contribution < -0.4 is 4.74 Å². The average Bonchev–Trinajstić information content (AvgIpc) is 3.19. The molecule has 4 aromatic rings. The van der Waals surface area contributed by atoms with Crippen molar-refractivity contribution in [2.24, 2.45) is 0 Å². The van der Waals surface area contributed by atoms with Crippen LogP contribution in [0.3, 0.4) is 0 Å². The quantitative estimate of drug-likeness (QED) is 0.514. The van der Waals surface area contributed by atoms with Gasteiger partial charge in [-0.1, -0.05) is 24.3 Å². The number of para-hydroxylation sites is 1. The summed E-state index contributed by atoms with van der Waals surface area (Å²) in [5.74, 6) is -0.499. The van der Waals surface area contributed by atoms with Crippen LogP contribution in [0.25, 0.3) is 21.8 Å². The van der Waals surface area contributed by atoms with E-state index in [0.29, 0.717) is 25.9 Å². The third-order valence-electron chi connectivity index (χ3n) is 6.14. The van der Waals surface area contributed by atoms with Crippen LogP contribution in [0.2, 0.25) is 0 Å². The summed E-state index contributed by atoms with van der Waals surface area (Å²) in [6.07, 6.45) is 0.112. The summed E-state index contributed by atoms with van der Waals surface area (Å²) in [7, 11) is 1.45. The smallest absolute Gasteiger partial charge is 0.251 e. The molecule has 5 rings (SSSR count). The van der Waals surface area contributed by atoms with Gasteiger partial charge in [0.25, 0.3) is 5.91 Å². The Bertz CT molecular complexity index is 1350. The van der Waals surface area contributed by atoms with Crippen LogP contribution in [0.15, 0.2) is 42.5 Å². The normalized spacial score (nSPS) is 14.6. The van der Waals surface area contributed by atoms with Crippen molar-refractivity contribution < 1.29 is 19.0 Å². The Morgan fingerprint density at radius 1 is 1.31 bits per heavy atom. The van der Waals surface area contributed by atoms with Gasteiger partial charge in [-0.2, -0.15) is 0 Å². The molecule has 2 aromatic heterocycles. The summed E-state index contributed by atoms with van der Waals surface area (Å²) in [6.45, 7) is 2.39. The molecule has 3 heterocycles. The predicted octanol–water partition coefficient (Wildman–Crippen LogP) is 3.72. The van der Waals surface area contributed by atoms with Gasteiger partial charge in [0.1, 0.15) is 6.10 Å². The molecule has 1 unspecified atom stereocenters. The fourth-order valence-electron chi connectivity index (χ4n) is 4.60. The minimum absolute atomic E-state index is 0.196. The average molecular weight is 433 g/mol. The van der Waals surface area contributed by atoms with Crippen molar-refractivity contribution in [2.75, 3.05) is 13.7 Å². The standard InChI is InChI=1S/C25H24FN3O3/c1-14(30)25(31)29-10-9-17-21(13-29)27-20(11-15-7-8-18(26)22(12-15)32-2)24-23(17)16-5-3-4-6-19(16)28-24/h3-8,12,14,28,30H,9-11,13H2,1-2H3. The second kappa shape index (κ2) is 7.91. The Balaban J connectivity index is 1.67. The molecule has 1 aliphatic heterocycles. The summed E-state index contributed by atoms with van der Waals surface area (Å²) >= 11 is 0. The second-order valence-corrected chi connectivity index (χ2v) is 8.24. The molecule has 0 aliphatic carbocycles. The molecule has 0 spiro atoms. The largest absolute Gasteiger partial charge is 0.494 e. The van der Waals surface area contributed by atoms with Crippen LogP contribution >= 0.6 is 0 Å². The molecule has 1 atom stereocenters. The zero-order chi connectivity index (χ0) is 22.4. The number of rotatable bonds is 4. The van der Waals surface area contributed by atoms with E-state index in [9.17, 15) is 14.3 Å². The predicted molar refractivity (Wildman–Crippen MR) is 120 cm³/mol. The van der Waals surface area contributed by atoms with E-state index < -0.39 is 11.9 Å². The Hall–Kier alpha value is -3.45. The van der Waals surface area contributed by atoms with Crippen molar-refractivity contribution >= 4 is 27.7 Å². The van der Waals surface area contributed by atoms with E-state index in [0.717, 1.165) is 44.3 Å². The highest BCUT2D eigenvalue weighted by Crippen LogP contribution is 2.35. The van der Waals surface area contributed by atoms with E-state index in [-0.39, 0.29) is 11.7 Å². The third-order valence-corrected chi connectivity index (χ3v) is 6.14. The second-order valence-electron chi connectivity index (χ2n) is 8.24. The monoisotopic (exact) mass is 433 g/mol. The van der Waals surface area contributed by atoms with E-state index in [1.807, 2.05) is 18.2 Å². The number of carbonyl (C=O) groups excluding carboxylic acids is 1. The van der Waals surface area contributed by atoms with Crippen molar-refractivity contribution in [1.82, 2.24) is 14.9 Å². The number of aliphatic hydroxyl groups is 1. The lowest BCUT2D eigenvalue weighted by atomic mass is 9.96. The van der Waals surface area contributed by atoms with Gasteiger partial charge in [0, 0.05) is 29.3 Å². The molecule has 1 aliphatic rings. The van der Waals surface area contributed by atoms with Crippen LogP contribution in [-0.2, 0) is 24.2 Å². The number of carbonyl (C=O) groups is 1. The maximum atomic E-state index is 13.9. The number of aromatic nitrogens is 2. The van der Waals surface area contributed by atoms with Crippen molar-refractivity contribution in [3.8, 4) is 5.75 Å². The molecule has 0 saturated carbocycles. The molecular weight excluding hydrogens is 409 g/mol. The lowest BCUT2D eigenvalue weighted by Gasteiger charge is -2.30. The Morgan fingerprint density at radius 2 is 2.12 bits per heavy atom. The summed E-state index contributed by atoms with van der Waals surface area (Å²) < 4.78 is 19.0. The highest BCUT2D eigenvalue weighted by Gasteiger charge is 2.28. The minimum Gasteiger partial charge on any atom is -0.494 e. The highest BCUT2D eigenvalue weighted by molar-refractivity contribution is 6.10. The molecule has 0 radical (unpaired) electrons. The number of hydrogen-bond acceptors (Lipinski definition) is 4. The number of ether oxygens (including phenoxy) is 1. The van der Waals surface area contributed by atoms with Gasteiger partial charge in [-0.05, 0) is 42.7 Å². The topological polar surface area (TPSA) is 78.5 Å². The van der Waals surface area contributed by atoms with Crippen molar-refractivity contribution in [1.29, 1.82) is 0 Å². The zero-order valence-electron chi connectivity index (χ0n) is 18.0. The van der Waals surface area contributed by atoms with Gasteiger partial charge in [-0.25, -0.2) is 4.39 Å². The molecule has 1 amide bonds. The van der Waals surface area contributed by atoms with Crippen LogP contribution in [0.5, 0.6) is 5.75 Å². The Kier molecular flexibility index (Phi) is 5.06. The van der Waals surface area contributed by atoms with Gasteiger partial charge in [-0.15, -0.1) is 0 Å². The van der Waals surface area contributed by atoms with Crippen LogP contribution in [0.4, 0.5) is 4.39 Å². The van der Waals surface area contributed by atoms with Crippen LogP contribution in [-0.4, -0.2) is 45.6 Å². The number of nitrogens with one attached hydrogen (secondary N) is 1. The van der Waals surface area contributed by atoms with E-state index in [2.05, 4.69) is 11.1 Å². The van der Waals surface area contributed by atoms with Crippen LogP contribution in [0.1, 0.15) is 29.4 Å². The first-order valence-corrected chi connectivity index (χ1v) is 10.7. The number of H-pyrrole nitrogens is 1. The van der Waals surface area contributed by atoms with Gasteiger partial charge in [0.15, 0.2) is 11.6 Å². The van der Waals surface area contributed by atoms with Crippen LogP contribution in [0, 0.1) is 5.82 Å². The number of fused-ring (bicyclic) bond motifs is 5. The van der Waals surface area contributed by atoms with Gasteiger partial charge in [0.2, 0.25) is 0 Å². The summed E-state index contributed by atoms with van der Waals surface area (Å²) in [5.41, 5.74) is 5.67. The number of aromatic amines is 1. The number of aliphatic hydroxyl groups excluding tert-OH is 1.